The number of benzene rings is 1. The summed E-state index contributed by atoms with van der Waals surface area (Å²) in [6.07, 6.45) is 1.45. The molecule has 0 saturated carbocycles. The maximum atomic E-state index is 9.79. The maximum absolute atomic E-state index is 9.79. The van der Waals surface area contributed by atoms with Gasteiger partial charge in [-0.25, -0.2) is 10.0 Å². The van der Waals surface area contributed by atoms with Gasteiger partial charge >= 0.3 is 0 Å². The molecule has 1 aliphatic rings. The van der Waals surface area contributed by atoms with E-state index in [-0.39, 0.29) is 31.3 Å². The monoisotopic (exact) mass is 305 g/mol. The molecule has 0 spiro atoms. The SMILES string of the molecule is Cc1cc(N=C2C=NN(CCO)C2=N)c(NCCO)cc1O. The van der Waals surface area contributed by atoms with Gasteiger partial charge in [0.05, 0.1) is 37.3 Å². The molecular weight excluding hydrogens is 286 g/mol. The molecule has 0 fully saturated rings. The molecule has 0 radical (unpaired) electrons. The Morgan fingerprint density at radius 2 is 2.09 bits per heavy atom. The fraction of sp³-hybridized carbons (Fsp3) is 0.357. The molecule has 2 rings (SSSR count). The smallest absolute Gasteiger partial charge is 0.169 e. The van der Waals surface area contributed by atoms with E-state index >= 15 is 0 Å². The van der Waals surface area contributed by atoms with Crippen LogP contribution in [0.2, 0.25) is 0 Å². The lowest BCUT2D eigenvalue weighted by atomic mass is 10.1. The van der Waals surface area contributed by atoms with Crippen molar-refractivity contribution in [2.24, 2.45) is 10.1 Å². The van der Waals surface area contributed by atoms with E-state index in [9.17, 15) is 5.11 Å². The number of aryl methyl sites for hydroxylation is 1. The van der Waals surface area contributed by atoms with E-state index in [1.165, 1.54) is 17.3 Å². The molecule has 22 heavy (non-hydrogen) atoms. The largest absolute Gasteiger partial charge is 0.508 e. The highest BCUT2D eigenvalue weighted by Gasteiger charge is 2.20. The number of aliphatic hydroxyl groups is 2. The summed E-state index contributed by atoms with van der Waals surface area (Å²) in [5.41, 5.74) is 2.13. The molecule has 0 aliphatic carbocycles. The lowest BCUT2D eigenvalue weighted by Gasteiger charge is -2.13. The summed E-state index contributed by atoms with van der Waals surface area (Å²) in [6.45, 7) is 2.16. The second-order valence-corrected chi connectivity index (χ2v) is 4.74. The molecule has 0 amide bonds. The minimum absolute atomic E-state index is 0.0494. The Morgan fingerprint density at radius 1 is 1.32 bits per heavy atom. The predicted octanol–water partition coefficient (Wildman–Crippen LogP) is 0.448. The van der Waals surface area contributed by atoms with Gasteiger partial charge in [0.25, 0.3) is 0 Å². The Labute approximate surface area is 127 Å². The van der Waals surface area contributed by atoms with Crippen LogP contribution in [0.4, 0.5) is 11.4 Å². The zero-order chi connectivity index (χ0) is 16.1. The van der Waals surface area contributed by atoms with Crippen molar-refractivity contribution >= 4 is 29.1 Å². The molecule has 5 N–H and O–H groups in total. The van der Waals surface area contributed by atoms with Crippen molar-refractivity contribution in [2.75, 3.05) is 31.6 Å². The molecule has 8 heteroatoms. The van der Waals surface area contributed by atoms with E-state index in [0.29, 0.717) is 29.2 Å². The number of nitrogens with one attached hydrogen (secondary N) is 2. The van der Waals surface area contributed by atoms with Gasteiger partial charge in [-0.1, -0.05) is 0 Å². The third-order valence-corrected chi connectivity index (χ3v) is 3.11. The van der Waals surface area contributed by atoms with Gasteiger partial charge in [0.2, 0.25) is 0 Å². The van der Waals surface area contributed by atoms with E-state index in [2.05, 4.69) is 15.4 Å². The topological polar surface area (TPSA) is 125 Å². The van der Waals surface area contributed by atoms with E-state index in [1.807, 2.05) is 0 Å². The predicted molar refractivity (Wildman–Crippen MR) is 85.5 cm³/mol. The van der Waals surface area contributed by atoms with Crippen molar-refractivity contribution in [1.82, 2.24) is 5.01 Å². The number of hydrazone groups is 1. The van der Waals surface area contributed by atoms with E-state index < -0.39 is 0 Å². The normalized spacial score (nSPS) is 15.9. The van der Waals surface area contributed by atoms with Gasteiger partial charge in [0.15, 0.2) is 5.84 Å². The number of β-amino-alcohol motifs (C(OH)–C–C–N with tert-alkyl or cyclic N) is 1. The average molecular weight is 305 g/mol. The third kappa shape index (κ3) is 3.41. The van der Waals surface area contributed by atoms with Gasteiger partial charge in [-0.2, -0.15) is 5.10 Å². The minimum Gasteiger partial charge on any atom is -0.508 e. The second-order valence-electron chi connectivity index (χ2n) is 4.74. The molecule has 0 unspecified atom stereocenters. The number of phenolic OH excluding ortho intramolecular Hbond substituents is 1. The highest BCUT2D eigenvalue weighted by molar-refractivity contribution is 6.63. The number of hydrogen-bond acceptors (Lipinski definition) is 7. The van der Waals surface area contributed by atoms with Crippen molar-refractivity contribution in [3.8, 4) is 5.75 Å². The Bertz CT molecular complexity index is 627. The first-order chi connectivity index (χ1) is 10.6. The minimum atomic E-state index is -0.103. The zero-order valence-electron chi connectivity index (χ0n) is 12.2. The van der Waals surface area contributed by atoms with Crippen LogP contribution in [0.25, 0.3) is 0 Å². The average Bonchev–Trinajstić information content (AvgIpc) is 2.83. The maximum Gasteiger partial charge on any atom is 0.169 e. The van der Waals surface area contributed by atoms with Crippen molar-refractivity contribution < 1.29 is 15.3 Å². The summed E-state index contributed by atoms with van der Waals surface area (Å²) in [7, 11) is 0. The standard InChI is InChI=1S/C14H19N5O3/c1-9-6-11(10(7-13(9)22)16-2-4-20)18-12-8-17-19(3-5-21)14(12)15/h6-8,15-16,20-22H,2-5H2,1H3. The van der Waals surface area contributed by atoms with E-state index in [0.717, 1.165) is 0 Å². The number of nitrogens with zero attached hydrogens (tertiary/aromatic N) is 3. The first-order valence-corrected chi connectivity index (χ1v) is 6.85. The summed E-state index contributed by atoms with van der Waals surface area (Å²) in [5, 5.41) is 43.9. The van der Waals surface area contributed by atoms with Crippen molar-refractivity contribution in [3.63, 3.8) is 0 Å². The van der Waals surface area contributed by atoms with Gasteiger partial charge < -0.3 is 20.6 Å². The van der Waals surface area contributed by atoms with Crippen molar-refractivity contribution in [3.05, 3.63) is 17.7 Å². The number of rotatable bonds is 6. The highest BCUT2D eigenvalue weighted by Crippen LogP contribution is 2.32. The van der Waals surface area contributed by atoms with Gasteiger partial charge in [0, 0.05) is 12.6 Å². The van der Waals surface area contributed by atoms with Gasteiger partial charge in [-0.3, -0.25) is 5.41 Å². The molecule has 118 valence electrons. The van der Waals surface area contributed by atoms with Crippen molar-refractivity contribution in [1.29, 1.82) is 5.41 Å². The lowest BCUT2D eigenvalue weighted by molar-refractivity contribution is 0.255. The summed E-state index contributed by atoms with van der Waals surface area (Å²) in [6, 6.07) is 3.23. The first-order valence-electron chi connectivity index (χ1n) is 6.85. The molecule has 0 saturated heterocycles. The molecular formula is C14H19N5O3. The fourth-order valence-corrected chi connectivity index (χ4v) is 1.96. The van der Waals surface area contributed by atoms with Crippen LogP contribution in [0.3, 0.4) is 0 Å². The van der Waals surface area contributed by atoms with Crippen LogP contribution < -0.4 is 5.32 Å². The molecule has 0 bridgehead atoms. The molecule has 8 nitrogen and oxygen atoms in total. The number of amidine groups is 1. The van der Waals surface area contributed by atoms with Crippen LogP contribution in [-0.2, 0) is 0 Å². The zero-order valence-corrected chi connectivity index (χ0v) is 12.2. The Kier molecular flexibility index (Phi) is 5.08. The first kappa shape index (κ1) is 15.9. The Balaban J connectivity index is 2.32. The molecule has 1 aromatic rings. The van der Waals surface area contributed by atoms with Crippen LogP contribution >= 0.6 is 0 Å². The Hall–Kier alpha value is -2.45. The summed E-state index contributed by atoms with van der Waals surface area (Å²) in [4.78, 5) is 4.39. The van der Waals surface area contributed by atoms with Crippen LogP contribution in [0.15, 0.2) is 22.2 Å². The molecule has 1 heterocycles. The van der Waals surface area contributed by atoms with Crippen LogP contribution in [0, 0.1) is 12.3 Å². The molecule has 0 aromatic heterocycles. The van der Waals surface area contributed by atoms with Crippen LogP contribution in [-0.4, -0.2) is 64.4 Å². The molecule has 1 aromatic carbocycles. The number of anilines is 1. The Morgan fingerprint density at radius 3 is 2.77 bits per heavy atom. The van der Waals surface area contributed by atoms with Crippen molar-refractivity contribution in [2.45, 2.75) is 6.92 Å². The fourth-order valence-electron chi connectivity index (χ4n) is 1.96. The van der Waals surface area contributed by atoms with E-state index in [1.54, 1.807) is 13.0 Å². The number of phenols is 1. The van der Waals surface area contributed by atoms with Gasteiger partial charge in [-0.15, -0.1) is 0 Å². The quantitative estimate of drug-likeness (QED) is 0.522. The second kappa shape index (κ2) is 7.01. The van der Waals surface area contributed by atoms with Gasteiger partial charge in [-0.05, 0) is 18.6 Å². The summed E-state index contributed by atoms with van der Waals surface area (Å²) < 4.78 is 0. The van der Waals surface area contributed by atoms with Gasteiger partial charge in [0.1, 0.15) is 11.5 Å². The van der Waals surface area contributed by atoms with Crippen LogP contribution in [0.5, 0.6) is 5.75 Å². The molecule has 1 aliphatic heterocycles. The van der Waals surface area contributed by atoms with Crippen LogP contribution in [0.1, 0.15) is 5.56 Å². The highest BCUT2D eigenvalue weighted by atomic mass is 16.3. The third-order valence-electron chi connectivity index (χ3n) is 3.11. The number of aliphatic imine (C=N–C) groups is 1. The lowest BCUT2D eigenvalue weighted by Crippen LogP contribution is -2.28. The summed E-state index contributed by atoms with van der Waals surface area (Å²) >= 11 is 0. The number of aromatic hydroxyl groups is 1. The number of hydrogen-bond donors (Lipinski definition) is 5. The molecule has 0 atom stereocenters. The number of aliphatic hydroxyl groups excluding tert-OH is 2. The van der Waals surface area contributed by atoms with E-state index in [4.69, 9.17) is 15.6 Å². The summed E-state index contributed by atoms with van der Waals surface area (Å²) in [5.74, 6) is 0.231.